The van der Waals surface area contributed by atoms with Gasteiger partial charge in [-0.3, -0.25) is 76.7 Å². The number of carbonyl (C=O) groups is 16. The molecule has 2 aliphatic rings. The summed E-state index contributed by atoms with van der Waals surface area (Å²) < 4.78 is 0. The van der Waals surface area contributed by atoms with E-state index in [0.29, 0.717) is 85.6 Å². The Labute approximate surface area is 695 Å². The molecule has 14 amide bonds. The maximum atomic E-state index is 15.2. The van der Waals surface area contributed by atoms with Gasteiger partial charge in [0, 0.05) is 62.3 Å². The standard InChI is InChI=1S/C81H119N19O20/c1-46(2)39-59(96-79(118)65-25-16-37-99(65)80(119)58(31-33-68(106)107)93-73(112)57(30-32-67(104)105)89-66(103)43-85)74(113)94-60(40-49-26-28-51(102)29-27-49)75(114)95-61(42-50-44-87-53-20-8-7-19-52(50)53)76(115)98-63(45-101)77(116)97-62(41-48-17-5-4-6-18-48)81(120)100-38-15-24-64(100)78(117)88-47(3)70(109)91-55(22-10-13-35-83)72(111)92-56(23-11-14-36-84)71(110)90-54(69(86)108)21-9-12-34-82/h4-8,17-20,26-29,44,46-47,54-65,87,101-102H,9-16,21-25,30-43,45,82-85H2,1-3H3,(H2,86,108)(H,88,117)(H,89,103)(H,90,110)(H,91,109)(H,92,111)(H,93,112)(H,94,113)(H,95,114)(H,96,118)(H,97,116)(H,98,115)(H,104,105)(H,106,107)/t47-,54-,55-,56-,57-,58-,59-,60-,61-,62-,63-,64-,65-/m0/s1. The Bertz CT molecular complexity index is 4150. The van der Waals surface area contributed by atoms with Crippen molar-refractivity contribution in [3.05, 3.63) is 102 Å². The highest BCUT2D eigenvalue weighted by molar-refractivity contribution is 6.01. The van der Waals surface area contributed by atoms with Gasteiger partial charge < -0.3 is 122 Å². The Morgan fingerprint density at radius 2 is 0.858 bits per heavy atom. The smallest absolute Gasteiger partial charge is 0.303 e. The molecule has 4 aromatic rings. The van der Waals surface area contributed by atoms with Crippen molar-refractivity contribution in [2.75, 3.05) is 45.9 Å². The van der Waals surface area contributed by atoms with Crippen molar-refractivity contribution < 1.29 is 97.1 Å². The van der Waals surface area contributed by atoms with Crippen LogP contribution in [0.2, 0.25) is 0 Å². The van der Waals surface area contributed by atoms with Crippen LogP contribution in [0, 0.1) is 5.92 Å². The van der Waals surface area contributed by atoms with E-state index >= 15 is 14.4 Å². The molecule has 2 aliphatic heterocycles. The van der Waals surface area contributed by atoms with Crippen molar-refractivity contribution in [2.24, 2.45) is 34.6 Å². The number of aromatic nitrogens is 1. The molecule has 13 atom stereocenters. The van der Waals surface area contributed by atoms with Gasteiger partial charge in [-0.25, -0.2) is 0 Å². The summed E-state index contributed by atoms with van der Waals surface area (Å²) in [4.78, 5) is 228. The first-order valence-electron chi connectivity index (χ1n) is 40.7. The van der Waals surface area contributed by atoms with Crippen molar-refractivity contribution in [1.29, 1.82) is 0 Å². The zero-order chi connectivity index (χ0) is 88.1. The van der Waals surface area contributed by atoms with Crippen LogP contribution in [0.3, 0.4) is 0 Å². The number of carboxylic acids is 2. The number of aromatic hydroxyl groups is 1. The van der Waals surface area contributed by atoms with E-state index in [2.05, 4.69) is 63.5 Å². The molecule has 26 N–H and O–H groups in total. The summed E-state index contributed by atoms with van der Waals surface area (Å²) in [5, 5.41) is 69.8. The third-order valence-electron chi connectivity index (χ3n) is 20.7. The Morgan fingerprint density at radius 1 is 0.442 bits per heavy atom. The third kappa shape index (κ3) is 30.9. The summed E-state index contributed by atoms with van der Waals surface area (Å²) >= 11 is 0. The van der Waals surface area contributed by atoms with E-state index in [0.717, 1.165) is 4.90 Å². The number of primary amides is 1. The van der Waals surface area contributed by atoms with E-state index in [1.54, 1.807) is 74.6 Å². The van der Waals surface area contributed by atoms with Crippen molar-refractivity contribution in [1.82, 2.24) is 73.3 Å². The molecule has 3 heterocycles. The molecular weight excluding hydrogens is 1560 g/mol. The summed E-state index contributed by atoms with van der Waals surface area (Å²) in [5.74, 6) is -15.3. The average molecular weight is 1680 g/mol. The number of phenols is 1. The zero-order valence-corrected chi connectivity index (χ0v) is 68.1. The fourth-order valence-electron chi connectivity index (χ4n) is 14.2. The van der Waals surface area contributed by atoms with Crippen LogP contribution in [0.25, 0.3) is 10.9 Å². The number of benzene rings is 3. The molecule has 658 valence electrons. The van der Waals surface area contributed by atoms with Crippen molar-refractivity contribution >= 4 is 106 Å². The molecule has 0 bridgehead atoms. The van der Waals surface area contributed by atoms with Crippen LogP contribution in [0.4, 0.5) is 0 Å². The van der Waals surface area contributed by atoms with Gasteiger partial charge in [-0.15, -0.1) is 0 Å². The van der Waals surface area contributed by atoms with Gasteiger partial charge in [0.05, 0.1) is 13.2 Å². The summed E-state index contributed by atoms with van der Waals surface area (Å²) in [6, 6.07) is 2.57. The van der Waals surface area contributed by atoms with Gasteiger partial charge in [0.15, 0.2) is 0 Å². The number of H-pyrrole nitrogens is 1. The van der Waals surface area contributed by atoms with Crippen LogP contribution in [-0.4, -0.2) is 254 Å². The first kappa shape index (κ1) is 97.2. The molecule has 0 spiro atoms. The van der Waals surface area contributed by atoms with E-state index in [9.17, 15) is 82.8 Å². The van der Waals surface area contributed by atoms with E-state index in [-0.39, 0.29) is 95.5 Å². The summed E-state index contributed by atoms with van der Waals surface area (Å²) in [6.45, 7) is 4.02. The number of fused-ring (bicyclic) bond motifs is 1. The Kier molecular flexibility index (Phi) is 40.2. The molecular formula is C81H119N19O20. The van der Waals surface area contributed by atoms with E-state index in [4.69, 9.17) is 28.7 Å². The zero-order valence-electron chi connectivity index (χ0n) is 68.1. The summed E-state index contributed by atoms with van der Waals surface area (Å²) in [7, 11) is 0. The largest absolute Gasteiger partial charge is 0.508 e. The number of nitrogens with two attached hydrogens (primary N) is 5. The van der Waals surface area contributed by atoms with Gasteiger partial charge in [0.1, 0.15) is 84.3 Å². The Morgan fingerprint density at radius 3 is 1.38 bits per heavy atom. The number of carboxylic acid groups (broad SMARTS) is 2. The SMILES string of the molecule is CC(C)C[C@H](NC(=O)[C@@H]1CCCN1C(=O)[C@H](CCC(=O)O)NC(=O)[C@H](CCC(=O)O)NC(=O)CN)C(=O)N[C@@H](Cc1ccc(O)cc1)C(=O)N[C@@H](Cc1c[nH]c2ccccc12)C(=O)N[C@@H](CO)C(=O)N[C@@H](Cc1ccccc1)C(=O)N1CCC[C@H]1C(=O)N[C@@H](C)C(=O)N[C@@H](CCCCN)C(=O)N[C@@H](CCCCN)C(=O)N[C@@H](CCCCN)C(N)=O. The fraction of sp³-hybridized carbons (Fsp3) is 0.556. The highest BCUT2D eigenvalue weighted by Gasteiger charge is 2.43. The lowest BCUT2D eigenvalue weighted by Crippen LogP contribution is -2.61. The number of nitrogens with zero attached hydrogens (tertiary/aromatic N) is 2. The molecule has 3 aromatic carbocycles. The Hall–Kier alpha value is -11.7. The number of hydrogen-bond acceptors (Lipinski definition) is 22. The lowest BCUT2D eigenvalue weighted by molar-refractivity contribution is -0.144. The highest BCUT2D eigenvalue weighted by Crippen LogP contribution is 2.25. The number of aliphatic hydroxyl groups is 1. The lowest BCUT2D eigenvalue weighted by Gasteiger charge is -2.31. The number of amides is 14. The first-order chi connectivity index (χ1) is 57.3. The van der Waals surface area contributed by atoms with Crippen molar-refractivity contribution in [2.45, 2.75) is 234 Å². The maximum absolute atomic E-state index is 15.2. The topological polar surface area (TPSA) is 639 Å². The second kappa shape index (κ2) is 49.6. The minimum absolute atomic E-state index is 0.000294. The van der Waals surface area contributed by atoms with Gasteiger partial charge in [-0.05, 0) is 170 Å². The number of phenolic OH excluding ortho intramolecular Hbond substituents is 1. The number of hydrogen-bond donors (Lipinski definition) is 21. The number of aliphatic carboxylic acids is 2. The number of para-hydroxylation sites is 1. The van der Waals surface area contributed by atoms with Crippen molar-refractivity contribution in [3.8, 4) is 5.75 Å². The Balaban J connectivity index is 1.22. The average Bonchev–Trinajstić information content (AvgIpc) is 1.72. The van der Waals surface area contributed by atoms with Gasteiger partial charge in [0.2, 0.25) is 82.7 Å². The predicted octanol–water partition coefficient (Wildman–Crippen LogP) is -3.16. The molecule has 39 heteroatoms. The number of nitrogens with one attached hydrogen (secondary N) is 12. The molecule has 0 aliphatic carbocycles. The second-order valence-corrected chi connectivity index (χ2v) is 30.5. The second-order valence-electron chi connectivity index (χ2n) is 30.5. The first-order valence-corrected chi connectivity index (χ1v) is 40.7. The number of carbonyl (C=O) groups excluding carboxylic acids is 14. The van der Waals surface area contributed by atoms with Gasteiger partial charge in [-0.2, -0.15) is 0 Å². The molecule has 39 nitrogen and oxygen atoms in total. The highest BCUT2D eigenvalue weighted by atomic mass is 16.4. The third-order valence-corrected chi connectivity index (χ3v) is 20.7. The molecule has 2 saturated heterocycles. The van der Waals surface area contributed by atoms with Crippen LogP contribution >= 0.6 is 0 Å². The van der Waals surface area contributed by atoms with Crippen LogP contribution in [0.15, 0.2) is 85.1 Å². The predicted molar refractivity (Wildman–Crippen MR) is 438 cm³/mol. The van der Waals surface area contributed by atoms with Gasteiger partial charge in [-0.1, -0.05) is 74.5 Å². The van der Waals surface area contributed by atoms with Gasteiger partial charge in [0.25, 0.3) is 0 Å². The van der Waals surface area contributed by atoms with Crippen LogP contribution in [-0.2, 0) is 96.0 Å². The summed E-state index contributed by atoms with van der Waals surface area (Å²) in [6.07, 6.45) is 2.38. The lowest BCUT2D eigenvalue weighted by atomic mass is 9.99. The van der Waals surface area contributed by atoms with E-state index in [1.807, 2.05) is 0 Å². The van der Waals surface area contributed by atoms with E-state index < -0.39 is 212 Å². The molecule has 2 fully saturated rings. The number of aromatic amines is 1. The van der Waals surface area contributed by atoms with Crippen molar-refractivity contribution in [3.63, 3.8) is 0 Å². The monoisotopic (exact) mass is 1680 g/mol. The van der Waals surface area contributed by atoms with E-state index in [1.165, 1.54) is 36.1 Å². The number of aliphatic hydroxyl groups excluding tert-OH is 1. The molecule has 0 saturated carbocycles. The molecule has 6 rings (SSSR count). The maximum Gasteiger partial charge on any atom is 0.303 e. The number of likely N-dealkylation sites (tertiary alicyclic amines) is 2. The normalized spacial score (nSPS) is 16.5. The molecule has 1 aromatic heterocycles. The number of rotatable bonds is 52. The number of unbranched alkanes of at least 4 members (excludes halogenated alkanes) is 3. The minimum Gasteiger partial charge on any atom is -0.508 e. The van der Waals surface area contributed by atoms with Crippen LogP contribution in [0.1, 0.15) is 153 Å². The molecule has 0 unspecified atom stereocenters. The summed E-state index contributed by atoms with van der Waals surface area (Å²) in [5.41, 5.74) is 30.3. The fourth-order valence-corrected chi connectivity index (χ4v) is 14.2. The van der Waals surface area contributed by atoms with Gasteiger partial charge >= 0.3 is 11.9 Å². The quantitative estimate of drug-likeness (QED) is 0.0194. The molecule has 0 radical (unpaired) electrons. The minimum atomic E-state index is -1.85. The molecule has 120 heavy (non-hydrogen) atoms. The van der Waals surface area contributed by atoms with Crippen LogP contribution in [0.5, 0.6) is 5.75 Å². The van der Waals surface area contributed by atoms with Crippen LogP contribution < -0.4 is 87.2 Å².